The zero-order valence-electron chi connectivity index (χ0n) is 6.04. The molecule has 1 rings (SSSR count). The summed E-state index contributed by atoms with van der Waals surface area (Å²) in [5.41, 5.74) is 0. The van der Waals surface area contributed by atoms with Gasteiger partial charge in [-0.3, -0.25) is 4.79 Å². The van der Waals surface area contributed by atoms with Crippen LogP contribution >= 0.6 is 0 Å². The van der Waals surface area contributed by atoms with Gasteiger partial charge in [-0.15, -0.1) is 0 Å². The summed E-state index contributed by atoms with van der Waals surface area (Å²) in [6.07, 6.45) is 1.80. The summed E-state index contributed by atoms with van der Waals surface area (Å²) in [5, 5.41) is 9.04. The van der Waals surface area contributed by atoms with Gasteiger partial charge in [-0.05, 0) is 19.3 Å². The standard InChI is InChI=1S/C7H12O3/c1-10-7(9)5-2-3-6(8)4-5/h5-6,8H,2-4H2,1H3/t5-,6?/m0/s1. The third-order valence-electron chi connectivity index (χ3n) is 1.94. The van der Waals surface area contributed by atoms with Crippen LogP contribution < -0.4 is 0 Å². The van der Waals surface area contributed by atoms with Gasteiger partial charge in [-0.25, -0.2) is 0 Å². The second-order valence-electron chi connectivity index (χ2n) is 2.69. The van der Waals surface area contributed by atoms with Crippen LogP contribution in [0.3, 0.4) is 0 Å². The Bertz CT molecular complexity index is 133. The summed E-state index contributed by atoms with van der Waals surface area (Å²) in [5.74, 6) is -0.239. The molecule has 58 valence electrons. The van der Waals surface area contributed by atoms with Crippen molar-refractivity contribution in [3.63, 3.8) is 0 Å². The number of aliphatic hydroxyl groups is 1. The molecule has 0 aromatic heterocycles. The van der Waals surface area contributed by atoms with Gasteiger partial charge in [0.05, 0.1) is 19.1 Å². The van der Waals surface area contributed by atoms with E-state index in [-0.39, 0.29) is 18.0 Å². The molecular formula is C7H12O3. The zero-order valence-corrected chi connectivity index (χ0v) is 6.04. The first kappa shape index (κ1) is 7.54. The van der Waals surface area contributed by atoms with Crippen molar-refractivity contribution in [3.8, 4) is 0 Å². The zero-order chi connectivity index (χ0) is 7.56. The first-order chi connectivity index (χ1) is 4.74. The molecule has 10 heavy (non-hydrogen) atoms. The topological polar surface area (TPSA) is 46.5 Å². The smallest absolute Gasteiger partial charge is 0.308 e. The molecule has 0 bridgehead atoms. The van der Waals surface area contributed by atoms with Crippen molar-refractivity contribution in [3.05, 3.63) is 0 Å². The predicted molar refractivity (Wildman–Crippen MR) is 35.4 cm³/mol. The maximum atomic E-state index is 10.8. The minimum atomic E-state index is -0.288. The third kappa shape index (κ3) is 1.48. The van der Waals surface area contributed by atoms with Crippen molar-refractivity contribution in [2.45, 2.75) is 25.4 Å². The van der Waals surface area contributed by atoms with Crippen LogP contribution in [0, 0.1) is 5.92 Å². The first-order valence-electron chi connectivity index (χ1n) is 3.50. The summed E-state index contributed by atoms with van der Waals surface area (Å²) in [4.78, 5) is 10.8. The molecule has 1 saturated carbocycles. The number of methoxy groups -OCH3 is 1. The number of carbonyl (C=O) groups excluding carboxylic acids is 1. The lowest BCUT2D eigenvalue weighted by atomic mass is 10.1. The highest BCUT2D eigenvalue weighted by molar-refractivity contribution is 5.72. The van der Waals surface area contributed by atoms with Gasteiger partial charge in [0.15, 0.2) is 0 Å². The van der Waals surface area contributed by atoms with E-state index in [4.69, 9.17) is 5.11 Å². The van der Waals surface area contributed by atoms with Crippen molar-refractivity contribution in [2.75, 3.05) is 7.11 Å². The van der Waals surface area contributed by atoms with Gasteiger partial charge >= 0.3 is 5.97 Å². The first-order valence-corrected chi connectivity index (χ1v) is 3.50. The van der Waals surface area contributed by atoms with E-state index >= 15 is 0 Å². The monoisotopic (exact) mass is 144 g/mol. The van der Waals surface area contributed by atoms with Crippen molar-refractivity contribution in [2.24, 2.45) is 5.92 Å². The summed E-state index contributed by atoms with van der Waals surface area (Å²) in [7, 11) is 1.38. The molecule has 0 aromatic rings. The highest BCUT2D eigenvalue weighted by atomic mass is 16.5. The fourth-order valence-electron chi connectivity index (χ4n) is 1.34. The second-order valence-corrected chi connectivity index (χ2v) is 2.69. The summed E-state index contributed by atoms with van der Waals surface area (Å²) in [6.45, 7) is 0. The van der Waals surface area contributed by atoms with Gasteiger partial charge in [0.2, 0.25) is 0 Å². The Morgan fingerprint density at radius 2 is 2.30 bits per heavy atom. The molecule has 0 heterocycles. The Hall–Kier alpha value is -0.570. The second kappa shape index (κ2) is 3.01. The number of ether oxygens (including phenoxy) is 1. The minimum absolute atomic E-state index is 0.0556. The molecule has 0 aliphatic heterocycles. The average molecular weight is 144 g/mol. The van der Waals surface area contributed by atoms with E-state index in [1.807, 2.05) is 0 Å². The highest BCUT2D eigenvalue weighted by Gasteiger charge is 2.28. The van der Waals surface area contributed by atoms with E-state index in [0.29, 0.717) is 6.42 Å². The lowest BCUT2D eigenvalue weighted by molar-refractivity contribution is -0.145. The van der Waals surface area contributed by atoms with E-state index in [0.717, 1.165) is 12.8 Å². The van der Waals surface area contributed by atoms with E-state index in [1.165, 1.54) is 7.11 Å². The van der Waals surface area contributed by atoms with Crippen molar-refractivity contribution >= 4 is 5.97 Å². The molecule has 3 nitrogen and oxygen atoms in total. The van der Waals surface area contributed by atoms with Gasteiger partial charge in [0.1, 0.15) is 0 Å². The summed E-state index contributed by atoms with van der Waals surface area (Å²) < 4.78 is 4.53. The van der Waals surface area contributed by atoms with Gasteiger partial charge in [0.25, 0.3) is 0 Å². The molecule has 3 heteroatoms. The van der Waals surface area contributed by atoms with Crippen LogP contribution in [0.2, 0.25) is 0 Å². The van der Waals surface area contributed by atoms with Crippen molar-refractivity contribution in [1.82, 2.24) is 0 Å². The number of esters is 1. The largest absolute Gasteiger partial charge is 0.469 e. The molecule has 1 N–H and O–H groups in total. The maximum absolute atomic E-state index is 10.8. The molecule has 0 radical (unpaired) electrons. The molecule has 1 aliphatic carbocycles. The van der Waals surface area contributed by atoms with Crippen LogP contribution in [0.1, 0.15) is 19.3 Å². The Morgan fingerprint density at radius 1 is 1.60 bits per heavy atom. The fourth-order valence-corrected chi connectivity index (χ4v) is 1.34. The molecule has 1 aliphatic rings. The average Bonchev–Trinajstić information content (AvgIpc) is 2.34. The van der Waals surface area contributed by atoms with E-state index in [2.05, 4.69) is 4.74 Å². The van der Waals surface area contributed by atoms with Crippen LogP contribution in [-0.2, 0) is 9.53 Å². The number of rotatable bonds is 1. The van der Waals surface area contributed by atoms with E-state index < -0.39 is 0 Å². The highest BCUT2D eigenvalue weighted by Crippen LogP contribution is 2.25. The molecular weight excluding hydrogens is 132 g/mol. The lowest BCUT2D eigenvalue weighted by Crippen LogP contribution is -2.13. The number of aliphatic hydroxyl groups excluding tert-OH is 1. The molecule has 1 fully saturated rings. The van der Waals surface area contributed by atoms with Crippen LogP contribution in [0.25, 0.3) is 0 Å². The van der Waals surface area contributed by atoms with Crippen LogP contribution in [0.4, 0.5) is 0 Å². The van der Waals surface area contributed by atoms with Gasteiger partial charge in [0, 0.05) is 0 Å². The number of hydrogen-bond acceptors (Lipinski definition) is 3. The predicted octanol–water partition coefficient (Wildman–Crippen LogP) is 0.320. The minimum Gasteiger partial charge on any atom is -0.469 e. The Morgan fingerprint density at radius 3 is 2.70 bits per heavy atom. The van der Waals surface area contributed by atoms with Gasteiger partial charge in [-0.2, -0.15) is 0 Å². The van der Waals surface area contributed by atoms with Crippen molar-refractivity contribution < 1.29 is 14.6 Å². The van der Waals surface area contributed by atoms with Crippen molar-refractivity contribution in [1.29, 1.82) is 0 Å². The van der Waals surface area contributed by atoms with E-state index in [1.54, 1.807) is 0 Å². The van der Waals surface area contributed by atoms with Crippen LogP contribution in [0.5, 0.6) is 0 Å². The van der Waals surface area contributed by atoms with Crippen LogP contribution in [0.15, 0.2) is 0 Å². The molecule has 0 saturated heterocycles. The lowest BCUT2D eigenvalue weighted by Gasteiger charge is -2.04. The Labute approximate surface area is 60.0 Å². The molecule has 2 atom stereocenters. The number of carbonyl (C=O) groups is 1. The van der Waals surface area contributed by atoms with E-state index in [9.17, 15) is 4.79 Å². The fraction of sp³-hybridized carbons (Fsp3) is 0.857. The SMILES string of the molecule is COC(=O)[C@H]1CCC(O)C1. The Balaban J connectivity index is 2.37. The van der Waals surface area contributed by atoms with Gasteiger partial charge in [-0.1, -0.05) is 0 Å². The summed E-state index contributed by atoms with van der Waals surface area (Å²) in [6, 6.07) is 0. The molecule has 0 aromatic carbocycles. The van der Waals surface area contributed by atoms with Gasteiger partial charge < -0.3 is 9.84 Å². The van der Waals surface area contributed by atoms with Crippen LogP contribution in [-0.4, -0.2) is 24.3 Å². The summed E-state index contributed by atoms with van der Waals surface area (Å²) >= 11 is 0. The molecule has 0 amide bonds. The molecule has 1 unspecified atom stereocenters. The quantitative estimate of drug-likeness (QED) is 0.539. The molecule has 0 spiro atoms. The maximum Gasteiger partial charge on any atom is 0.308 e. The normalized spacial score (nSPS) is 32.2. The third-order valence-corrected chi connectivity index (χ3v) is 1.94. The number of hydrogen-bond donors (Lipinski definition) is 1. The Kier molecular flexibility index (Phi) is 2.27.